The van der Waals surface area contributed by atoms with Crippen LogP contribution in [0.15, 0.2) is 42.5 Å². The van der Waals surface area contributed by atoms with Crippen LogP contribution in [0.3, 0.4) is 0 Å². The zero-order valence-corrected chi connectivity index (χ0v) is 16.0. The van der Waals surface area contributed by atoms with E-state index >= 15 is 0 Å². The van der Waals surface area contributed by atoms with Gasteiger partial charge in [0.05, 0.1) is 0 Å². The molecule has 2 rings (SSSR count). The Balaban J connectivity index is 1.84. The third kappa shape index (κ3) is 5.45. The summed E-state index contributed by atoms with van der Waals surface area (Å²) in [6, 6.07) is 14.0. The van der Waals surface area contributed by atoms with Gasteiger partial charge in [0.1, 0.15) is 0 Å². The number of esters is 1. The molecule has 0 aliphatic carbocycles. The second-order valence-corrected chi connectivity index (χ2v) is 6.56. The lowest BCUT2D eigenvalue weighted by Crippen LogP contribution is -2.30. The summed E-state index contributed by atoms with van der Waals surface area (Å²) in [5.74, 6) is -0.684. The Bertz CT molecular complexity index is 745. The van der Waals surface area contributed by atoms with Gasteiger partial charge in [-0.1, -0.05) is 49.4 Å². The van der Waals surface area contributed by atoms with E-state index in [4.69, 9.17) is 4.74 Å². The first kappa shape index (κ1) is 19.7. The van der Waals surface area contributed by atoms with Crippen molar-refractivity contribution in [3.63, 3.8) is 0 Å². The standard InChI is InChI=1S/C22H27NO3/c1-5-18-9-11-19(12-10-18)13-14-20(24)26-17(4)22(25)23-21-15(2)7-6-8-16(21)3/h6-12,17H,5,13-14H2,1-4H3,(H,23,25)/t17-/m0/s1. The molecule has 2 aromatic carbocycles. The Labute approximate surface area is 155 Å². The van der Waals surface area contributed by atoms with Crippen molar-refractivity contribution in [2.75, 3.05) is 5.32 Å². The number of nitrogens with one attached hydrogen (secondary N) is 1. The van der Waals surface area contributed by atoms with Crippen LogP contribution in [0.4, 0.5) is 5.69 Å². The molecule has 138 valence electrons. The van der Waals surface area contributed by atoms with Gasteiger partial charge in [-0.2, -0.15) is 0 Å². The van der Waals surface area contributed by atoms with Crippen LogP contribution in [0, 0.1) is 13.8 Å². The molecule has 1 atom stereocenters. The number of anilines is 1. The van der Waals surface area contributed by atoms with Gasteiger partial charge in [-0.25, -0.2) is 0 Å². The summed E-state index contributed by atoms with van der Waals surface area (Å²) in [5, 5.41) is 2.85. The predicted octanol–water partition coefficient (Wildman–Crippen LogP) is 4.37. The molecule has 0 bridgehead atoms. The summed E-state index contributed by atoms with van der Waals surface area (Å²) in [6.07, 6.45) is 1.03. The van der Waals surface area contributed by atoms with Crippen LogP contribution in [-0.2, 0) is 27.2 Å². The molecule has 2 aromatic rings. The summed E-state index contributed by atoms with van der Waals surface area (Å²) in [6.45, 7) is 7.57. The zero-order chi connectivity index (χ0) is 19.1. The van der Waals surface area contributed by atoms with Crippen molar-refractivity contribution in [1.29, 1.82) is 0 Å². The van der Waals surface area contributed by atoms with Gasteiger partial charge in [0.25, 0.3) is 5.91 Å². The first-order valence-electron chi connectivity index (χ1n) is 9.05. The first-order chi connectivity index (χ1) is 12.4. The molecule has 0 saturated carbocycles. The molecule has 4 heteroatoms. The molecule has 0 aliphatic heterocycles. The number of rotatable bonds is 7. The van der Waals surface area contributed by atoms with Crippen LogP contribution in [0.1, 0.15) is 42.5 Å². The van der Waals surface area contributed by atoms with E-state index in [2.05, 4.69) is 24.4 Å². The summed E-state index contributed by atoms with van der Waals surface area (Å²) >= 11 is 0. The topological polar surface area (TPSA) is 55.4 Å². The average molecular weight is 353 g/mol. The molecule has 1 N–H and O–H groups in total. The first-order valence-corrected chi connectivity index (χ1v) is 9.05. The van der Waals surface area contributed by atoms with Crippen molar-refractivity contribution in [1.82, 2.24) is 0 Å². The van der Waals surface area contributed by atoms with E-state index in [1.165, 1.54) is 5.56 Å². The van der Waals surface area contributed by atoms with Gasteiger partial charge in [0.15, 0.2) is 6.10 Å². The van der Waals surface area contributed by atoms with E-state index in [0.29, 0.717) is 6.42 Å². The van der Waals surface area contributed by atoms with E-state index in [9.17, 15) is 9.59 Å². The summed E-state index contributed by atoms with van der Waals surface area (Å²) in [5.41, 5.74) is 5.09. The predicted molar refractivity (Wildman–Crippen MR) is 104 cm³/mol. The number of carbonyl (C=O) groups is 2. The number of benzene rings is 2. The Hall–Kier alpha value is -2.62. The fourth-order valence-electron chi connectivity index (χ4n) is 2.73. The Morgan fingerprint density at radius 3 is 2.15 bits per heavy atom. The Morgan fingerprint density at radius 2 is 1.58 bits per heavy atom. The fourth-order valence-corrected chi connectivity index (χ4v) is 2.73. The smallest absolute Gasteiger partial charge is 0.306 e. The molecule has 0 aliphatic rings. The molecule has 0 heterocycles. The maximum atomic E-state index is 12.3. The summed E-state index contributed by atoms with van der Waals surface area (Å²) in [7, 11) is 0. The maximum absolute atomic E-state index is 12.3. The van der Waals surface area contributed by atoms with Crippen molar-refractivity contribution in [2.45, 2.75) is 53.1 Å². The third-order valence-corrected chi connectivity index (χ3v) is 4.46. The van der Waals surface area contributed by atoms with Gasteiger partial charge < -0.3 is 10.1 Å². The highest BCUT2D eigenvalue weighted by molar-refractivity contribution is 5.96. The monoisotopic (exact) mass is 353 g/mol. The number of para-hydroxylation sites is 1. The van der Waals surface area contributed by atoms with Crippen molar-refractivity contribution in [3.05, 3.63) is 64.7 Å². The zero-order valence-electron chi connectivity index (χ0n) is 16.0. The van der Waals surface area contributed by atoms with Crippen LogP contribution in [0.2, 0.25) is 0 Å². The van der Waals surface area contributed by atoms with Crippen LogP contribution in [-0.4, -0.2) is 18.0 Å². The van der Waals surface area contributed by atoms with Gasteiger partial charge in [-0.15, -0.1) is 0 Å². The number of amides is 1. The number of carbonyl (C=O) groups excluding carboxylic acids is 2. The molecule has 0 aromatic heterocycles. The van der Waals surface area contributed by atoms with Gasteiger partial charge in [0, 0.05) is 12.1 Å². The summed E-state index contributed by atoms with van der Waals surface area (Å²) < 4.78 is 5.28. The molecule has 26 heavy (non-hydrogen) atoms. The molecule has 0 unspecified atom stereocenters. The minimum Gasteiger partial charge on any atom is -0.453 e. The lowest BCUT2D eigenvalue weighted by molar-refractivity contribution is -0.153. The van der Waals surface area contributed by atoms with Gasteiger partial charge in [0.2, 0.25) is 0 Å². The molecular weight excluding hydrogens is 326 g/mol. The van der Waals surface area contributed by atoms with Crippen molar-refractivity contribution in [3.8, 4) is 0 Å². The Morgan fingerprint density at radius 1 is 1.00 bits per heavy atom. The summed E-state index contributed by atoms with van der Waals surface area (Å²) in [4.78, 5) is 24.3. The second kappa shape index (κ2) is 9.18. The lowest BCUT2D eigenvalue weighted by atomic mass is 10.1. The minimum atomic E-state index is -0.830. The molecule has 0 fully saturated rings. The van der Waals surface area contributed by atoms with Crippen molar-refractivity contribution < 1.29 is 14.3 Å². The molecule has 4 nitrogen and oxygen atoms in total. The molecule has 0 spiro atoms. The highest BCUT2D eigenvalue weighted by Gasteiger charge is 2.19. The SMILES string of the molecule is CCc1ccc(CCC(=O)O[C@@H](C)C(=O)Nc2c(C)cccc2C)cc1. The number of ether oxygens (including phenoxy) is 1. The normalized spacial score (nSPS) is 11.7. The lowest BCUT2D eigenvalue weighted by Gasteiger charge is -2.16. The fraction of sp³-hybridized carbons (Fsp3) is 0.364. The van der Waals surface area contributed by atoms with E-state index in [1.54, 1.807) is 6.92 Å². The van der Waals surface area contributed by atoms with Crippen LogP contribution < -0.4 is 5.32 Å². The van der Waals surface area contributed by atoms with Crippen LogP contribution in [0.5, 0.6) is 0 Å². The van der Waals surface area contributed by atoms with Crippen LogP contribution in [0.25, 0.3) is 0 Å². The van der Waals surface area contributed by atoms with E-state index in [-0.39, 0.29) is 18.3 Å². The number of aryl methyl sites for hydroxylation is 4. The highest BCUT2D eigenvalue weighted by Crippen LogP contribution is 2.20. The largest absolute Gasteiger partial charge is 0.453 e. The van der Waals surface area contributed by atoms with E-state index < -0.39 is 6.10 Å². The molecular formula is C22H27NO3. The van der Waals surface area contributed by atoms with Gasteiger partial charge in [-0.05, 0) is 55.9 Å². The third-order valence-electron chi connectivity index (χ3n) is 4.46. The van der Waals surface area contributed by atoms with Crippen molar-refractivity contribution >= 4 is 17.6 Å². The van der Waals surface area contributed by atoms with Crippen LogP contribution >= 0.6 is 0 Å². The average Bonchev–Trinajstić information content (AvgIpc) is 2.63. The number of hydrogen-bond donors (Lipinski definition) is 1. The maximum Gasteiger partial charge on any atom is 0.306 e. The quantitative estimate of drug-likeness (QED) is 0.752. The minimum absolute atomic E-state index is 0.256. The van der Waals surface area contributed by atoms with Crippen molar-refractivity contribution in [2.24, 2.45) is 0 Å². The van der Waals surface area contributed by atoms with Gasteiger partial charge >= 0.3 is 5.97 Å². The van der Waals surface area contributed by atoms with Gasteiger partial charge in [-0.3, -0.25) is 9.59 Å². The Kier molecular flexibility index (Phi) is 6.96. The number of hydrogen-bond acceptors (Lipinski definition) is 3. The highest BCUT2D eigenvalue weighted by atomic mass is 16.5. The molecule has 0 saturated heterocycles. The molecule has 0 radical (unpaired) electrons. The second-order valence-electron chi connectivity index (χ2n) is 6.56. The van der Waals surface area contributed by atoms with E-state index in [1.807, 2.05) is 44.2 Å². The van der Waals surface area contributed by atoms with E-state index in [0.717, 1.165) is 28.8 Å². The molecule has 1 amide bonds.